The van der Waals surface area contributed by atoms with E-state index in [2.05, 4.69) is 53.2 Å². The molecule has 0 spiro atoms. The average Bonchev–Trinajstić information content (AvgIpc) is 0.792. The molecular formula is C98H154N10O39. The summed E-state index contributed by atoms with van der Waals surface area (Å²) >= 11 is 0. The Kier molecular flexibility index (Phi) is 63.7. The van der Waals surface area contributed by atoms with Gasteiger partial charge in [-0.15, -0.1) is 0 Å². The van der Waals surface area contributed by atoms with Gasteiger partial charge in [0.1, 0.15) is 68.4 Å². The van der Waals surface area contributed by atoms with Gasteiger partial charge in [0.25, 0.3) is 0 Å². The van der Waals surface area contributed by atoms with Gasteiger partial charge in [-0.1, -0.05) is 68.9 Å². The van der Waals surface area contributed by atoms with Crippen LogP contribution in [0.4, 0.5) is 0 Å². The Labute approximate surface area is 856 Å². The van der Waals surface area contributed by atoms with E-state index >= 15 is 0 Å². The number of hydrogen-bond acceptors (Lipinski definition) is 39. The molecule has 49 heteroatoms. The number of amides is 10. The molecule has 3 saturated heterocycles. The Balaban J connectivity index is 1.39. The van der Waals surface area contributed by atoms with Crippen LogP contribution in [0.3, 0.4) is 0 Å². The monoisotopic (exact) mass is 2100 g/mol. The van der Waals surface area contributed by atoms with E-state index in [1.807, 2.05) is 30.3 Å². The molecule has 3 fully saturated rings. The van der Waals surface area contributed by atoms with Crippen LogP contribution in [0.1, 0.15) is 249 Å². The predicted octanol–water partition coefficient (Wildman–Crippen LogP) is 2.10. The highest BCUT2D eigenvalue weighted by molar-refractivity contribution is 5.80. The molecule has 147 heavy (non-hydrogen) atoms. The quantitative estimate of drug-likeness (QED) is 0.0254. The molecule has 15 atom stereocenters. The van der Waals surface area contributed by atoms with Crippen LogP contribution in [0.5, 0.6) is 0 Å². The van der Waals surface area contributed by atoms with E-state index in [-0.39, 0.29) is 174 Å². The molecule has 10 amide bonds. The molecule has 1 aromatic rings. The number of rotatable bonds is 74. The molecule has 49 nitrogen and oxygen atoms in total. The number of ether oxygens (including phenoxy) is 19. The highest BCUT2D eigenvalue weighted by Gasteiger charge is 2.55. The summed E-state index contributed by atoms with van der Waals surface area (Å²) in [5, 5.41) is 27.7. The topological polar surface area (TPSA) is 637 Å². The highest BCUT2D eigenvalue weighted by Crippen LogP contribution is 2.33. The molecule has 0 saturated carbocycles. The van der Waals surface area contributed by atoms with Gasteiger partial charge in [-0.3, -0.25) is 95.9 Å². The van der Waals surface area contributed by atoms with Gasteiger partial charge in [0.2, 0.25) is 59.1 Å². The molecule has 3 aliphatic rings. The number of esters is 10. The summed E-state index contributed by atoms with van der Waals surface area (Å²) in [7, 11) is 0. The van der Waals surface area contributed by atoms with Gasteiger partial charge in [0.05, 0.1) is 39.6 Å². The van der Waals surface area contributed by atoms with Gasteiger partial charge in [0.15, 0.2) is 55.5 Å². The van der Waals surface area contributed by atoms with Crippen molar-refractivity contribution in [3.63, 3.8) is 0 Å². The SMILES string of the molecule is CC(=O)N[C@H]1C(OC(C)=O)[C@H](OC(C)=O)C(COC(C)=O)O[C@H]1OCCCCC(=O)NCCCNC(=O)CCOCC(COCCC(=O)NCCCNC(=O)CCCCO[C@@H]1OC(COC(C)=O)[C@@H](OC(C)=O)C(OC(C)=O)[C@@H]1NC(C)=O)(COCCC(=O)NCCCNC(=O)CCCCO[C@@H]1OC(COC(C)=O)[C@@H](OC(C)=O)C(OC(C)=O)[C@@H]1NC(C)=O)NC(=O)CCCCCCCCCCC(=O)OCc1ccccc1. The summed E-state index contributed by atoms with van der Waals surface area (Å²) in [6.07, 6.45) is -6.02. The average molecular weight is 2100 g/mol. The van der Waals surface area contributed by atoms with Crippen molar-refractivity contribution < 1.29 is 186 Å². The normalized spacial score (nSPS) is 20.7. The second kappa shape index (κ2) is 73.4. The first kappa shape index (κ1) is 128. The van der Waals surface area contributed by atoms with E-state index < -0.39 is 212 Å². The van der Waals surface area contributed by atoms with Gasteiger partial charge in [-0.2, -0.15) is 0 Å². The van der Waals surface area contributed by atoms with E-state index in [9.17, 15) is 95.9 Å². The van der Waals surface area contributed by atoms with Crippen LogP contribution in [0.25, 0.3) is 0 Å². The minimum Gasteiger partial charge on any atom is -0.463 e. The Morgan fingerprint density at radius 2 is 0.531 bits per heavy atom. The molecule has 4 rings (SSSR count). The smallest absolute Gasteiger partial charge is 0.306 e. The molecule has 1 aromatic carbocycles. The van der Waals surface area contributed by atoms with Crippen LogP contribution in [0.15, 0.2) is 30.3 Å². The zero-order valence-electron chi connectivity index (χ0n) is 86.6. The van der Waals surface area contributed by atoms with Crippen LogP contribution in [0.2, 0.25) is 0 Å². The van der Waals surface area contributed by atoms with Crippen LogP contribution >= 0.6 is 0 Å². The van der Waals surface area contributed by atoms with Crippen LogP contribution in [-0.2, 0) is 192 Å². The molecule has 3 heterocycles. The number of carbonyl (C=O) groups excluding carboxylic acids is 20. The van der Waals surface area contributed by atoms with Crippen LogP contribution < -0.4 is 53.2 Å². The van der Waals surface area contributed by atoms with Crippen molar-refractivity contribution in [1.29, 1.82) is 0 Å². The Morgan fingerprint density at radius 1 is 0.272 bits per heavy atom. The standard InChI is InChI=1S/C98H154N10O39/c1-62(109)105-86-92(142-71(10)118)89(139-68(7)115)75(56-135-65(4)112)145-95(86)132-49-27-24-35-78(121)99-43-30-46-102-81(124)40-52-129-59-98(108-84(127)38-22-17-15-13-14-16-18-23-39-85(128)138-55-74-33-20-19-21-34-74,60-130-53-41-82(125)103-47-31-44-100-79(122)36-25-28-50-133-96-87(106-63(2)110)93(143-72(11)119)90(140-69(8)116)76(146-96)57-136-66(5)113)61-131-54-42-83(126)104-48-32-45-101-80(123)37-26-29-51-134-97-88(107-64(3)111)94(144-73(12)120)91(141-70(9)117)77(147-97)58-137-67(6)114/h19-21,33-34,75-77,86-97H,13-18,22-32,35-61H2,1-12H3,(H,99,121)(H,100,122)(H,101,123)(H,102,124)(H,103,125)(H,104,126)(H,105,109)(H,106,110)(H,107,111)(H,108,127)/t75?,76?,77?,86-,87-,88-,89+,90+,91+,92?,93?,94?,95+,96+,97+,98?/m0/s1. The minimum absolute atomic E-state index is 0.0168. The summed E-state index contributed by atoms with van der Waals surface area (Å²) in [5.74, 6) is -11.1. The molecule has 6 unspecified atom stereocenters. The Hall–Kier alpha value is -11.7. The molecule has 0 radical (unpaired) electrons. The number of nitrogens with one attached hydrogen (secondary N) is 10. The van der Waals surface area contributed by atoms with Gasteiger partial charge in [-0.05, 0) is 76.2 Å². The van der Waals surface area contributed by atoms with E-state index in [1.165, 1.54) is 20.8 Å². The zero-order valence-corrected chi connectivity index (χ0v) is 86.6. The molecule has 3 aliphatic heterocycles. The second-order valence-corrected chi connectivity index (χ2v) is 35.5. The van der Waals surface area contributed by atoms with E-state index in [0.717, 1.165) is 100.0 Å². The van der Waals surface area contributed by atoms with Gasteiger partial charge >= 0.3 is 59.7 Å². The zero-order chi connectivity index (χ0) is 108. The Morgan fingerprint density at radius 3 is 0.810 bits per heavy atom. The van der Waals surface area contributed by atoms with Gasteiger partial charge in [-0.25, -0.2) is 0 Å². The summed E-state index contributed by atoms with van der Waals surface area (Å²) in [6.45, 7) is 12.3. The molecule has 0 aromatic heterocycles. The van der Waals surface area contributed by atoms with Crippen molar-refractivity contribution >= 4 is 119 Å². The fourth-order valence-electron chi connectivity index (χ4n) is 15.5. The first-order chi connectivity index (χ1) is 70.1. The summed E-state index contributed by atoms with van der Waals surface area (Å²) in [6, 6.07) is 5.89. The molecule has 0 bridgehead atoms. The number of unbranched alkanes of at least 4 members (excludes halogenated alkanes) is 10. The lowest BCUT2D eigenvalue weighted by Crippen LogP contribution is -2.66. The lowest BCUT2D eigenvalue weighted by molar-refractivity contribution is -0.277. The maximum atomic E-state index is 14.2. The maximum Gasteiger partial charge on any atom is 0.306 e. The lowest BCUT2D eigenvalue weighted by atomic mass is 9.96. The fourth-order valence-corrected chi connectivity index (χ4v) is 15.5. The van der Waals surface area contributed by atoms with Gasteiger partial charge in [0, 0.05) is 194 Å². The van der Waals surface area contributed by atoms with Gasteiger partial charge < -0.3 is 143 Å². The molecule has 0 aliphatic carbocycles. The third kappa shape index (κ3) is 57.4. The highest BCUT2D eigenvalue weighted by atomic mass is 16.7. The third-order valence-electron chi connectivity index (χ3n) is 22.2. The van der Waals surface area contributed by atoms with Crippen molar-refractivity contribution in [2.45, 2.75) is 348 Å². The largest absolute Gasteiger partial charge is 0.463 e. The molecular weight excluding hydrogens is 1940 g/mol. The third-order valence-corrected chi connectivity index (χ3v) is 22.2. The molecule has 10 N–H and O–H groups in total. The van der Waals surface area contributed by atoms with E-state index in [4.69, 9.17) is 90.0 Å². The van der Waals surface area contributed by atoms with Crippen molar-refractivity contribution in [2.75, 3.05) is 119 Å². The first-order valence-electron chi connectivity index (χ1n) is 50.0. The number of carbonyl (C=O) groups is 20. The lowest BCUT2D eigenvalue weighted by Gasteiger charge is -2.44. The Bertz CT molecular complexity index is 3940. The number of hydrogen-bond donors (Lipinski definition) is 10. The predicted molar refractivity (Wildman–Crippen MR) is 513 cm³/mol. The summed E-state index contributed by atoms with van der Waals surface area (Å²) in [4.78, 5) is 251. The first-order valence-corrected chi connectivity index (χ1v) is 50.0. The van der Waals surface area contributed by atoms with E-state index in [0.29, 0.717) is 83.5 Å². The minimum atomic E-state index is -1.49. The molecule has 830 valence electrons. The summed E-state index contributed by atoms with van der Waals surface area (Å²) < 4.78 is 108. The van der Waals surface area contributed by atoms with Crippen molar-refractivity contribution in [2.24, 2.45) is 0 Å². The van der Waals surface area contributed by atoms with Crippen molar-refractivity contribution in [1.82, 2.24) is 53.2 Å². The van der Waals surface area contributed by atoms with Crippen LogP contribution in [0, 0.1) is 0 Å². The van der Waals surface area contributed by atoms with Crippen molar-refractivity contribution in [3.05, 3.63) is 35.9 Å². The van der Waals surface area contributed by atoms with E-state index in [1.54, 1.807) is 0 Å². The van der Waals surface area contributed by atoms with Crippen molar-refractivity contribution in [3.8, 4) is 0 Å². The van der Waals surface area contributed by atoms with Crippen LogP contribution in [-0.4, -0.2) is 335 Å². The fraction of sp³-hybridized carbons (Fsp3) is 0.735. The second-order valence-electron chi connectivity index (χ2n) is 35.5. The number of benzene rings is 1. The maximum absolute atomic E-state index is 14.2. The summed E-state index contributed by atoms with van der Waals surface area (Å²) in [5.41, 5.74) is -0.583.